The lowest BCUT2D eigenvalue weighted by Gasteiger charge is -2.21. The minimum absolute atomic E-state index is 0.277. The van der Waals surface area contributed by atoms with E-state index in [4.69, 9.17) is 10.5 Å². The summed E-state index contributed by atoms with van der Waals surface area (Å²) in [4.78, 5) is 13.8. The van der Waals surface area contributed by atoms with Crippen molar-refractivity contribution in [1.82, 2.24) is 0 Å². The lowest BCUT2D eigenvalue weighted by molar-refractivity contribution is 0.0526. The molecule has 0 amide bonds. The van der Waals surface area contributed by atoms with Crippen molar-refractivity contribution in [2.45, 2.75) is 26.4 Å². The lowest BCUT2D eigenvalue weighted by Crippen LogP contribution is -2.24. The van der Waals surface area contributed by atoms with Gasteiger partial charge in [-0.05, 0) is 38.5 Å². The normalized spacial score (nSPS) is 19.9. The Balaban J connectivity index is 2.13. The molecular formula is C15H22N2O3. The predicted molar refractivity (Wildman–Crippen MR) is 78.8 cm³/mol. The molecule has 110 valence electrons. The van der Waals surface area contributed by atoms with Crippen molar-refractivity contribution < 1.29 is 14.6 Å². The molecule has 0 bridgehead atoms. The third-order valence-corrected chi connectivity index (χ3v) is 3.79. The summed E-state index contributed by atoms with van der Waals surface area (Å²) < 4.78 is 4.96. The van der Waals surface area contributed by atoms with Crippen LogP contribution in [0, 0.1) is 5.92 Å². The van der Waals surface area contributed by atoms with Crippen LogP contribution in [0.25, 0.3) is 0 Å². The molecule has 5 heteroatoms. The Labute approximate surface area is 119 Å². The maximum Gasteiger partial charge on any atom is 0.338 e. The van der Waals surface area contributed by atoms with Crippen molar-refractivity contribution in [2.75, 3.05) is 30.3 Å². The van der Waals surface area contributed by atoms with E-state index in [0.717, 1.165) is 25.2 Å². The summed E-state index contributed by atoms with van der Waals surface area (Å²) in [5.41, 5.74) is 8.01. The number of ether oxygens (including phenoxy) is 1. The van der Waals surface area contributed by atoms with Gasteiger partial charge in [0.1, 0.15) is 0 Å². The Morgan fingerprint density at radius 3 is 2.90 bits per heavy atom. The zero-order chi connectivity index (χ0) is 14.7. The number of hydrogen-bond donors (Lipinski definition) is 2. The van der Waals surface area contributed by atoms with E-state index >= 15 is 0 Å². The smallest absolute Gasteiger partial charge is 0.338 e. The number of carbonyl (C=O) groups is 1. The summed E-state index contributed by atoms with van der Waals surface area (Å²) >= 11 is 0. The Hall–Kier alpha value is -1.75. The first-order chi connectivity index (χ1) is 9.52. The second-order valence-electron chi connectivity index (χ2n) is 5.23. The fourth-order valence-electron chi connectivity index (χ4n) is 2.58. The van der Waals surface area contributed by atoms with Gasteiger partial charge in [0.15, 0.2) is 0 Å². The van der Waals surface area contributed by atoms with Crippen molar-refractivity contribution in [1.29, 1.82) is 0 Å². The topological polar surface area (TPSA) is 75.8 Å². The van der Waals surface area contributed by atoms with Crippen molar-refractivity contribution in [3.8, 4) is 0 Å². The molecule has 1 aliphatic rings. The van der Waals surface area contributed by atoms with Crippen LogP contribution in [0.4, 0.5) is 11.4 Å². The van der Waals surface area contributed by atoms with Crippen molar-refractivity contribution in [2.24, 2.45) is 5.92 Å². The standard InChI is InChI=1S/C15H22N2O3/c1-3-20-15(19)11-4-5-14(13(16)8-11)17-7-6-12(9-17)10(2)18/h4-5,8,10,12,18H,3,6-7,9,16H2,1-2H3. The number of aliphatic hydroxyl groups excluding tert-OH is 1. The molecule has 1 aromatic carbocycles. The first-order valence-corrected chi connectivity index (χ1v) is 7.02. The van der Waals surface area contributed by atoms with Crippen molar-refractivity contribution in [3.05, 3.63) is 23.8 Å². The highest BCUT2D eigenvalue weighted by Crippen LogP contribution is 2.30. The Kier molecular flexibility index (Phi) is 4.49. The van der Waals surface area contributed by atoms with E-state index in [-0.39, 0.29) is 18.0 Å². The van der Waals surface area contributed by atoms with Crippen LogP contribution in [-0.4, -0.2) is 36.9 Å². The summed E-state index contributed by atoms with van der Waals surface area (Å²) in [6.07, 6.45) is 0.650. The van der Waals surface area contributed by atoms with Gasteiger partial charge < -0.3 is 20.5 Å². The van der Waals surface area contributed by atoms with Crippen LogP contribution in [0.1, 0.15) is 30.6 Å². The average molecular weight is 278 g/mol. The van der Waals surface area contributed by atoms with E-state index < -0.39 is 0 Å². The first-order valence-electron chi connectivity index (χ1n) is 7.02. The van der Waals surface area contributed by atoms with E-state index in [2.05, 4.69) is 4.90 Å². The zero-order valence-electron chi connectivity index (χ0n) is 12.0. The summed E-state index contributed by atoms with van der Waals surface area (Å²) in [7, 11) is 0. The van der Waals surface area contributed by atoms with Gasteiger partial charge in [-0.2, -0.15) is 0 Å². The minimum Gasteiger partial charge on any atom is -0.462 e. The van der Waals surface area contributed by atoms with Crippen molar-refractivity contribution in [3.63, 3.8) is 0 Å². The number of rotatable bonds is 4. The summed E-state index contributed by atoms with van der Waals surface area (Å²) in [5, 5.41) is 9.64. The fourth-order valence-corrected chi connectivity index (χ4v) is 2.58. The monoisotopic (exact) mass is 278 g/mol. The number of hydrogen-bond acceptors (Lipinski definition) is 5. The number of nitrogen functional groups attached to an aromatic ring is 1. The summed E-state index contributed by atoms with van der Waals surface area (Å²) in [6, 6.07) is 5.24. The van der Waals surface area contributed by atoms with E-state index in [0.29, 0.717) is 17.9 Å². The van der Waals surface area contributed by atoms with Crippen LogP contribution in [0.15, 0.2) is 18.2 Å². The highest BCUT2D eigenvalue weighted by atomic mass is 16.5. The molecule has 5 nitrogen and oxygen atoms in total. The number of benzene rings is 1. The van der Waals surface area contributed by atoms with E-state index in [9.17, 15) is 9.90 Å². The number of nitrogens with zero attached hydrogens (tertiary/aromatic N) is 1. The number of carbonyl (C=O) groups excluding carboxylic acids is 1. The second-order valence-corrected chi connectivity index (χ2v) is 5.23. The van der Waals surface area contributed by atoms with Gasteiger partial charge in [0.2, 0.25) is 0 Å². The molecule has 2 rings (SSSR count). The largest absolute Gasteiger partial charge is 0.462 e. The molecule has 0 aliphatic carbocycles. The Morgan fingerprint density at radius 1 is 1.60 bits per heavy atom. The molecule has 0 spiro atoms. The van der Waals surface area contributed by atoms with Crippen LogP contribution >= 0.6 is 0 Å². The van der Waals surface area contributed by atoms with Gasteiger partial charge >= 0.3 is 5.97 Å². The van der Waals surface area contributed by atoms with E-state index in [1.807, 2.05) is 13.0 Å². The molecule has 1 aromatic rings. The molecule has 20 heavy (non-hydrogen) atoms. The maximum absolute atomic E-state index is 11.6. The van der Waals surface area contributed by atoms with E-state index in [1.165, 1.54) is 0 Å². The molecule has 0 radical (unpaired) electrons. The number of anilines is 2. The van der Waals surface area contributed by atoms with Crippen molar-refractivity contribution >= 4 is 17.3 Å². The van der Waals surface area contributed by atoms with Crippen LogP contribution in [0.5, 0.6) is 0 Å². The van der Waals surface area contributed by atoms with Crippen LogP contribution in [0.2, 0.25) is 0 Å². The predicted octanol–water partition coefficient (Wildman–Crippen LogP) is 1.65. The molecule has 1 aliphatic heterocycles. The Bertz CT molecular complexity index is 488. The third-order valence-electron chi connectivity index (χ3n) is 3.79. The molecule has 3 N–H and O–H groups in total. The number of nitrogens with two attached hydrogens (primary N) is 1. The number of aliphatic hydroxyl groups is 1. The van der Waals surface area contributed by atoms with Gasteiger partial charge in [-0.25, -0.2) is 4.79 Å². The molecule has 2 atom stereocenters. The van der Waals surface area contributed by atoms with Gasteiger partial charge in [-0.3, -0.25) is 0 Å². The van der Waals surface area contributed by atoms with Gasteiger partial charge in [0.25, 0.3) is 0 Å². The third kappa shape index (κ3) is 3.04. The number of esters is 1. The SMILES string of the molecule is CCOC(=O)c1ccc(N2CCC(C(C)O)C2)c(N)c1. The van der Waals surface area contributed by atoms with Gasteiger partial charge in [-0.15, -0.1) is 0 Å². The lowest BCUT2D eigenvalue weighted by atomic mass is 10.0. The molecule has 1 fully saturated rings. The molecule has 0 aromatic heterocycles. The molecular weight excluding hydrogens is 256 g/mol. The van der Waals surface area contributed by atoms with Gasteiger partial charge in [0, 0.05) is 19.0 Å². The average Bonchev–Trinajstić information content (AvgIpc) is 2.88. The summed E-state index contributed by atoms with van der Waals surface area (Å²) in [5.74, 6) is -0.0758. The maximum atomic E-state index is 11.6. The summed E-state index contributed by atoms with van der Waals surface area (Å²) in [6.45, 7) is 5.61. The molecule has 0 saturated carbocycles. The van der Waals surface area contributed by atoms with Crippen LogP contribution < -0.4 is 10.6 Å². The quantitative estimate of drug-likeness (QED) is 0.647. The highest BCUT2D eigenvalue weighted by molar-refractivity contribution is 5.92. The molecule has 2 unspecified atom stereocenters. The van der Waals surface area contributed by atoms with Crippen LogP contribution in [-0.2, 0) is 4.74 Å². The second kappa shape index (κ2) is 6.13. The van der Waals surface area contributed by atoms with Crippen LogP contribution in [0.3, 0.4) is 0 Å². The minimum atomic E-state index is -0.353. The zero-order valence-corrected chi connectivity index (χ0v) is 12.0. The highest BCUT2D eigenvalue weighted by Gasteiger charge is 2.27. The van der Waals surface area contributed by atoms with Gasteiger partial charge in [0.05, 0.1) is 29.6 Å². The molecule has 1 saturated heterocycles. The fraction of sp³-hybridized carbons (Fsp3) is 0.533. The molecule has 1 heterocycles. The first kappa shape index (κ1) is 14.7. The Morgan fingerprint density at radius 2 is 2.35 bits per heavy atom. The van der Waals surface area contributed by atoms with E-state index in [1.54, 1.807) is 19.1 Å². The van der Waals surface area contributed by atoms with Gasteiger partial charge in [-0.1, -0.05) is 0 Å².